The lowest BCUT2D eigenvalue weighted by Gasteiger charge is -2.17. The van der Waals surface area contributed by atoms with Crippen LogP contribution in [0.5, 0.6) is 17.2 Å². The van der Waals surface area contributed by atoms with E-state index in [9.17, 15) is 14.4 Å². The summed E-state index contributed by atoms with van der Waals surface area (Å²) in [6, 6.07) is 7.91. The van der Waals surface area contributed by atoms with Crippen molar-refractivity contribution >= 4 is 21.8 Å². The molecule has 26 heavy (non-hydrogen) atoms. The second kappa shape index (κ2) is 8.54. The summed E-state index contributed by atoms with van der Waals surface area (Å²) in [6.45, 7) is 0. The van der Waals surface area contributed by atoms with E-state index in [-0.39, 0.29) is 5.56 Å². The standard InChI is InChI=1S/C18H16BrFN2O4/c1-24-15-6-10(7-16(25-2)17(15)26-3)14(9-21)22-18(23)11-4-12(19)8-13(20)5-11/h4-8,14H,1-3H3,(H,22,23). The summed E-state index contributed by atoms with van der Waals surface area (Å²) in [6.07, 6.45) is 0. The highest BCUT2D eigenvalue weighted by molar-refractivity contribution is 9.10. The summed E-state index contributed by atoms with van der Waals surface area (Å²) >= 11 is 3.13. The summed E-state index contributed by atoms with van der Waals surface area (Å²) in [7, 11) is 4.36. The van der Waals surface area contributed by atoms with Crippen molar-refractivity contribution < 1.29 is 23.4 Å². The number of carbonyl (C=O) groups is 1. The van der Waals surface area contributed by atoms with Crippen LogP contribution in [0.4, 0.5) is 4.39 Å². The van der Waals surface area contributed by atoms with Gasteiger partial charge in [0.2, 0.25) is 5.75 Å². The van der Waals surface area contributed by atoms with Crippen molar-refractivity contribution in [2.75, 3.05) is 21.3 Å². The summed E-state index contributed by atoms with van der Waals surface area (Å²) in [5.41, 5.74) is 0.524. The summed E-state index contributed by atoms with van der Waals surface area (Å²) in [4.78, 5) is 12.4. The molecule has 0 fully saturated rings. The number of amides is 1. The van der Waals surface area contributed by atoms with Crippen LogP contribution in [0.25, 0.3) is 0 Å². The number of hydrogen-bond acceptors (Lipinski definition) is 5. The Morgan fingerprint density at radius 1 is 1.12 bits per heavy atom. The molecule has 2 aromatic rings. The van der Waals surface area contributed by atoms with Gasteiger partial charge in [-0.2, -0.15) is 5.26 Å². The molecule has 6 nitrogen and oxygen atoms in total. The van der Waals surface area contributed by atoms with E-state index < -0.39 is 17.8 Å². The van der Waals surface area contributed by atoms with Crippen molar-refractivity contribution in [2.24, 2.45) is 0 Å². The average Bonchev–Trinajstić information content (AvgIpc) is 2.63. The van der Waals surface area contributed by atoms with Crippen LogP contribution in [0.3, 0.4) is 0 Å². The minimum absolute atomic E-state index is 0.0876. The topological polar surface area (TPSA) is 80.6 Å². The number of carbonyl (C=O) groups excluding carboxylic acids is 1. The van der Waals surface area contributed by atoms with Crippen LogP contribution in [-0.2, 0) is 0 Å². The Morgan fingerprint density at radius 3 is 2.19 bits per heavy atom. The van der Waals surface area contributed by atoms with Gasteiger partial charge in [-0.05, 0) is 35.9 Å². The molecule has 0 aliphatic heterocycles. The third-order valence-corrected chi connectivity index (χ3v) is 4.01. The van der Waals surface area contributed by atoms with E-state index in [1.54, 1.807) is 12.1 Å². The van der Waals surface area contributed by atoms with Gasteiger partial charge in [0.1, 0.15) is 11.9 Å². The van der Waals surface area contributed by atoms with Gasteiger partial charge in [0.25, 0.3) is 5.91 Å². The van der Waals surface area contributed by atoms with Gasteiger partial charge in [-0.25, -0.2) is 4.39 Å². The highest BCUT2D eigenvalue weighted by atomic mass is 79.9. The molecular formula is C18H16BrFN2O4. The molecule has 2 aromatic carbocycles. The molecule has 136 valence electrons. The van der Waals surface area contributed by atoms with Gasteiger partial charge >= 0.3 is 0 Å². The zero-order valence-electron chi connectivity index (χ0n) is 14.3. The monoisotopic (exact) mass is 422 g/mol. The second-order valence-corrected chi connectivity index (χ2v) is 6.07. The van der Waals surface area contributed by atoms with Crippen LogP contribution in [0.1, 0.15) is 22.0 Å². The van der Waals surface area contributed by atoms with Gasteiger partial charge < -0.3 is 19.5 Å². The van der Waals surface area contributed by atoms with Gasteiger partial charge in [0.15, 0.2) is 11.5 Å². The first-order chi connectivity index (χ1) is 12.4. The molecule has 1 unspecified atom stereocenters. The molecule has 0 radical (unpaired) electrons. The molecule has 0 saturated heterocycles. The van der Waals surface area contributed by atoms with Gasteiger partial charge in [0, 0.05) is 10.0 Å². The zero-order valence-corrected chi connectivity index (χ0v) is 15.9. The van der Waals surface area contributed by atoms with E-state index in [4.69, 9.17) is 14.2 Å². The lowest BCUT2D eigenvalue weighted by molar-refractivity contribution is 0.0944. The molecule has 1 atom stereocenters. The minimum atomic E-state index is -1.00. The van der Waals surface area contributed by atoms with Gasteiger partial charge in [-0.1, -0.05) is 15.9 Å². The van der Waals surface area contributed by atoms with Gasteiger partial charge in [0.05, 0.1) is 27.4 Å². The van der Waals surface area contributed by atoms with Crippen molar-refractivity contribution in [1.82, 2.24) is 5.32 Å². The third-order valence-electron chi connectivity index (χ3n) is 3.55. The molecule has 2 rings (SSSR count). The molecule has 0 bridgehead atoms. The Kier molecular flexibility index (Phi) is 6.41. The third kappa shape index (κ3) is 4.24. The predicted octanol–water partition coefficient (Wildman–Crippen LogP) is 3.61. The molecular weight excluding hydrogens is 407 g/mol. The van der Waals surface area contributed by atoms with Crippen molar-refractivity contribution in [1.29, 1.82) is 5.26 Å². The first kappa shape index (κ1) is 19.5. The minimum Gasteiger partial charge on any atom is -0.493 e. The van der Waals surface area contributed by atoms with Crippen molar-refractivity contribution in [3.63, 3.8) is 0 Å². The Labute approximate surface area is 158 Å². The smallest absolute Gasteiger partial charge is 0.252 e. The molecule has 0 saturated carbocycles. The predicted molar refractivity (Wildman–Crippen MR) is 96.0 cm³/mol. The number of nitrogens with one attached hydrogen (secondary N) is 1. The largest absolute Gasteiger partial charge is 0.493 e. The van der Waals surface area contributed by atoms with Crippen LogP contribution >= 0.6 is 15.9 Å². The first-order valence-corrected chi connectivity index (χ1v) is 8.19. The number of benzene rings is 2. The summed E-state index contributed by atoms with van der Waals surface area (Å²) in [5.74, 6) is -0.0816. The van der Waals surface area contributed by atoms with Crippen molar-refractivity contribution in [2.45, 2.75) is 6.04 Å². The van der Waals surface area contributed by atoms with Crippen LogP contribution in [-0.4, -0.2) is 27.2 Å². The zero-order chi connectivity index (χ0) is 19.3. The fraction of sp³-hybridized carbons (Fsp3) is 0.222. The average molecular weight is 423 g/mol. The summed E-state index contributed by atoms with van der Waals surface area (Å²) < 4.78 is 29.7. The molecule has 8 heteroatoms. The molecule has 0 spiro atoms. The molecule has 0 heterocycles. The molecule has 0 aliphatic rings. The molecule has 1 amide bonds. The fourth-order valence-electron chi connectivity index (χ4n) is 2.36. The molecule has 0 aliphatic carbocycles. The van der Waals surface area contributed by atoms with Crippen LogP contribution in [0, 0.1) is 17.1 Å². The normalized spacial score (nSPS) is 11.2. The number of halogens is 2. The lowest BCUT2D eigenvalue weighted by Crippen LogP contribution is -2.27. The number of nitrogens with zero attached hydrogens (tertiary/aromatic N) is 1. The van der Waals surface area contributed by atoms with Crippen molar-refractivity contribution in [3.8, 4) is 23.3 Å². The first-order valence-electron chi connectivity index (χ1n) is 7.40. The number of ether oxygens (including phenoxy) is 3. The quantitative estimate of drug-likeness (QED) is 0.768. The van der Waals surface area contributed by atoms with E-state index >= 15 is 0 Å². The lowest BCUT2D eigenvalue weighted by atomic mass is 10.1. The van der Waals surface area contributed by atoms with Gasteiger partial charge in [-0.3, -0.25) is 4.79 Å². The number of rotatable bonds is 6. The van der Waals surface area contributed by atoms with Gasteiger partial charge in [-0.15, -0.1) is 0 Å². The van der Waals surface area contributed by atoms with E-state index in [2.05, 4.69) is 21.2 Å². The van der Waals surface area contributed by atoms with Crippen LogP contribution in [0.2, 0.25) is 0 Å². The fourth-order valence-corrected chi connectivity index (χ4v) is 2.82. The summed E-state index contributed by atoms with van der Waals surface area (Å²) in [5, 5.41) is 12.0. The van der Waals surface area contributed by atoms with E-state index in [1.165, 1.54) is 33.5 Å². The van der Waals surface area contributed by atoms with Crippen LogP contribution in [0.15, 0.2) is 34.8 Å². The SMILES string of the molecule is COc1cc(C(C#N)NC(=O)c2cc(F)cc(Br)c2)cc(OC)c1OC. The Morgan fingerprint density at radius 2 is 1.73 bits per heavy atom. The van der Waals surface area contributed by atoms with E-state index in [1.807, 2.05) is 6.07 Å². The van der Waals surface area contributed by atoms with E-state index in [0.717, 1.165) is 6.07 Å². The highest BCUT2D eigenvalue weighted by Gasteiger charge is 2.21. The number of nitriles is 1. The highest BCUT2D eigenvalue weighted by Crippen LogP contribution is 2.39. The Hall–Kier alpha value is -2.79. The number of hydrogen-bond donors (Lipinski definition) is 1. The van der Waals surface area contributed by atoms with Crippen LogP contribution < -0.4 is 19.5 Å². The second-order valence-electron chi connectivity index (χ2n) is 5.15. The Balaban J connectivity index is 2.36. The molecule has 0 aromatic heterocycles. The maximum atomic E-state index is 13.5. The van der Waals surface area contributed by atoms with Crippen molar-refractivity contribution in [3.05, 3.63) is 51.7 Å². The maximum absolute atomic E-state index is 13.5. The molecule has 1 N–H and O–H groups in total. The Bertz CT molecular complexity index is 822. The van der Waals surface area contributed by atoms with E-state index in [0.29, 0.717) is 27.3 Å². The number of methoxy groups -OCH3 is 3. The maximum Gasteiger partial charge on any atom is 0.252 e.